The van der Waals surface area contributed by atoms with Crippen molar-refractivity contribution in [2.24, 2.45) is 10.8 Å². The lowest BCUT2D eigenvalue weighted by Crippen LogP contribution is -2.46. The SMILES string of the molecule is N#C[C@@H]1CC(N=[N+]=[N-])CN1C(=O)[C@@H](N)CCCCN(c1ccc2ccccc2c1)c1ccc2ccccc2c1. The van der Waals surface area contributed by atoms with Gasteiger partial charge in [-0.05, 0) is 77.0 Å². The summed E-state index contributed by atoms with van der Waals surface area (Å²) in [5.41, 5.74) is 17.2. The zero-order valence-corrected chi connectivity index (χ0v) is 21.7. The molecular weight excluding hydrogens is 486 g/mol. The van der Waals surface area contributed by atoms with Crippen LogP contribution in [0.25, 0.3) is 32.0 Å². The number of benzene rings is 4. The summed E-state index contributed by atoms with van der Waals surface area (Å²) in [6.07, 6.45) is 2.47. The van der Waals surface area contributed by atoms with E-state index < -0.39 is 12.1 Å². The number of nitrogens with zero attached hydrogens (tertiary/aromatic N) is 6. The van der Waals surface area contributed by atoms with Gasteiger partial charge in [-0.15, -0.1) is 0 Å². The highest BCUT2D eigenvalue weighted by molar-refractivity contribution is 5.89. The molecule has 1 heterocycles. The number of hydrogen-bond acceptors (Lipinski definition) is 5. The van der Waals surface area contributed by atoms with Gasteiger partial charge in [0.2, 0.25) is 5.91 Å². The molecule has 4 aromatic rings. The summed E-state index contributed by atoms with van der Waals surface area (Å²) in [5.74, 6) is -0.252. The first-order chi connectivity index (χ1) is 19.1. The molecule has 0 aromatic heterocycles. The molecule has 1 unspecified atom stereocenters. The quantitative estimate of drug-likeness (QED) is 0.119. The Bertz CT molecular complexity index is 1490. The zero-order valence-electron chi connectivity index (χ0n) is 21.7. The first-order valence-corrected chi connectivity index (χ1v) is 13.3. The van der Waals surface area contributed by atoms with Crippen molar-refractivity contribution in [3.63, 3.8) is 0 Å². The molecule has 5 rings (SSSR count). The first-order valence-electron chi connectivity index (χ1n) is 13.3. The lowest BCUT2D eigenvalue weighted by Gasteiger charge is -2.27. The molecular formula is C31H31N7O. The van der Waals surface area contributed by atoms with Gasteiger partial charge in [0.05, 0.1) is 18.2 Å². The Morgan fingerprint density at radius 1 is 1.00 bits per heavy atom. The van der Waals surface area contributed by atoms with Gasteiger partial charge in [0.25, 0.3) is 0 Å². The predicted octanol–water partition coefficient (Wildman–Crippen LogP) is 6.43. The Balaban J connectivity index is 1.29. The molecule has 1 aliphatic heterocycles. The van der Waals surface area contributed by atoms with Gasteiger partial charge in [-0.1, -0.05) is 65.8 Å². The van der Waals surface area contributed by atoms with Gasteiger partial charge in [0.1, 0.15) is 6.04 Å². The van der Waals surface area contributed by atoms with E-state index in [9.17, 15) is 10.1 Å². The van der Waals surface area contributed by atoms with Crippen LogP contribution in [0.15, 0.2) is 90.0 Å². The molecule has 0 aliphatic carbocycles. The number of carbonyl (C=O) groups is 1. The molecule has 8 heteroatoms. The second-order valence-electron chi connectivity index (χ2n) is 10.0. The van der Waals surface area contributed by atoms with Crippen LogP contribution in [0.1, 0.15) is 25.7 Å². The number of azide groups is 1. The minimum absolute atomic E-state index is 0.243. The molecule has 8 nitrogen and oxygen atoms in total. The maximum absolute atomic E-state index is 13.0. The summed E-state index contributed by atoms with van der Waals surface area (Å²) in [5, 5.41) is 17.9. The van der Waals surface area contributed by atoms with Crippen LogP contribution in [-0.4, -0.2) is 42.0 Å². The fourth-order valence-electron chi connectivity index (χ4n) is 5.40. The number of likely N-dealkylation sites (tertiary alicyclic amines) is 1. The Kier molecular flexibility index (Phi) is 7.93. The number of amides is 1. The van der Waals surface area contributed by atoms with Crippen LogP contribution in [0, 0.1) is 11.3 Å². The zero-order chi connectivity index (χ0) is 27.2. The molecule has 1 aliphatic rings. The Morgan fingerprint density at radius 3 is 2.15 bits per heavy atom. The third-order valence-electron chi connectivity index (χ3n) is 7.48. The van der Waals surface area contributed by atoms with Crippen LogP contribution in [0.4, 0.5) is 11.4 Å². The van der Waals surface area contributed by atoms with Crippen LogP contribution in [-0.2, 0) is 4.79 Å². The average molecular weight is 518 g/mol. The van der Waals surface area contributed by atoms with Crippen LogP contribution in [0.2, 0.25) is 0 Å². The molecule has 39 heavy (non-hydrogen) atoms. The number of nitriles is 1. The molecule has 1 saturated heterocycles. The Morgan fingerprint density at radius 2 is 1.59 bits per heavy atom. The molecule has 196 valence electrons. The summed E-state index contributed by atoms with van der Waals surface area (Å²) in [6, 6.07) is 30.2. The van der Waals surface area contributed by atoms with E-state index >= 15 is 0 Å². The molecule has 1 fully saturated rings. The van der Waals surface area contributed by atoms with E-state index in [1.54, 1.807) is 0 Å². The molecule has 0 bridgehead atoms. The van der Waals surface area contributed by atoms with Crippen molar-refractivity contribution in [2.75, 3.05) is 18.0 Å². The fraction of sp³-hybridized carbons (Fsp3) is 0.290. The Hall–Kier alpha value is -4.57. The van der Waals surface area contributed by atoms with E-state index in [1.165, 1.54) is 26.4 Å². The first kappa shape index (κ1) is 26.1. The topological polar surface area (TPSA) is 122 Å². The summed E-state index contributed by atoms with van der Waals surface area (Å²) < 4.78 is 0. The van der Waals surface area contributed by atoms with Crippen molar-refractivity contribution in [3.8, 4) is 6.07 Å². The second-order valence-corrected chi connectivity index (χ2v) is 10.0. The van der Waals surface area contributed by atoms with E-state index in [0.717, 1.165) is 30.8 Å². The largest absolute Gasteiger partial charge is 0.341 e. The number of unbranched alkanes of at least 4 members (excludes halogenated alkanes) is 1. The minimum atomic E-state index is -0.694. The van der Waals surface area contributed by atoms with Crippen LogP contribution < -0.4 is 10.6 Å². The number of carbonyl (C=O) groups excluding carboxylic acids is 1. The van der Waals surface area contributed by atoms with Crippen molar-refractivity contribution in [1.82, 2.24) is 4.90 Å². The van der Waals surface area contributed by atoms with E-state index in [0.29, 0.717) is 12.8 Å². The normalized spacial score (nSPS) is 17.5. The van der Waals surface area contributed by atoms with Crippen molar-refractivity contribution in [2.45, 2.75) is 43.8 Å². The fourth-order valence-corrected chi connectivity index (χ4v) is 5.40. The third kappa shape index (κ3) is 5.80. The third-order valence-corrected chi connectivity index (χ3v) is 7.48. The van der Waals surface area contributed by atoms with Crippen LogP contribution in [0.5, 0.6) is 0 Å². The molecule has 2 N–H and O–H groups in total. The molecule has 1 amide bonds. The highest BCUT2D eigenvalue weighted by atomic mass is 16.2. The van der Waals surface area contributed by atoms with Crippen molar-refractivity contribution < 1.29 is 4.79 Å². The summed E-state index contributed by atoms with van der Waals surface area (Å²) in [6.45, 7) is 1.01. The molecule has 3 atom stereocenters. The van der Waals surface area contributed by atoms with E-state index in [4.69, 9.17) is 11.3 Å². The lowest BCUT2D eigenvalue weighted by atomic mass is 10.1. The summed E-state index contributed by atoms with van der Waals surface area (Å²) in [7, 11) is 0. The van der Waals surface area contributed by atoms with Gasteiger partial charge >= 0.3 is 0 Å². The van der Waals surface area contributed by atoms with Gasteiger partial charge in [-0.3, -0.25) is 4.79 Å². The number of anilines is 2. The smallest absolute Gasteiger partial charge is 0.240 e. The second kappa shape index (κ2) is 11.9. The van der Waals surface area contributed by atoms with E-state index in [-0.39, 0.29) is 18.5 Å². The highest BCUT2D eigenvalue weighted by Gasteiger charge is 2.36. The van der Waals surface area contributed by atoms with Crippen LogP contribution in [0.3, 0.4) is 0 Å². The van der Waals surface area contributed by atoms with Gasteiger partial charge in [0, 0.05) is 29.4 Å². The minimum Gasteiger partial charge on any atom is -0.341 e. The van der Waals surface area contributed by atoms with Gasteiger partial charge < -0.3 is 15.5 Å². The molecule has 4 aromatic carbocycles. The summed E-state index contributed by atoms with van der Waals surface area (Å²) in [4.78, 5) is 19.6. The average Bonchev–Trinajstić information content (AvgIpc) is 3.39. The van der Waals surface area contributed by atoms with Gasteiger partial charge in [-0.2, -0.15) is 5.26 Å². The van der Waals surface area contributed by atoms with E-state index in [2.05, 4.69) is 93.8 Å². The molecule has 0 spiro atoms. The maximum Gasteiger partial charge on any atom is 0.240 e. The van der Waals surface area contributed by atoms with Crippen molar-refractivity contribution in [1.29, 1.82) is 5.26 Å². The Labute approximate surface area is 227 Å². The lowest BCUT2D eigenvalue weighted by molar-refractivity contribution is -0.132. The number of nitrogens with two attached hydrogens (primary N) is 1. The van der Waals surface area contributed by atoms with Crippen molar-refractivity contribution in [3.05, 3.63) is 95.4 Å². The maximum atomic E-state index is 13.0. The summed E-state index contributed by atoms with van der Waals surface area (Å²) >= 11 is 0. The predicted molar refractivity (Wildman–Crippen MR) is 155 cm³/mol. The van der Waals surface area contributed by atoms with Gasteiger partial charge in [-0.25, -0.2) is 0 Å². The standard InChI is InChI=1S/C31H31N7O/c32-20-29-19-26(35-36-34)21-38(29)31(39)30(33)11-5-6-16-37(27-14-12-22-7-1-3-9-24(22)17-27)28-15-13-23-8-2-4-10-25(23)18-28/h1-4,7-10,12-15,17-18,26,29-30H,5-6,11,16,19,21,33H2/t26?,29-,30-/m0/s1. The van der Waals surface area contributed by atoms with E-state index in [1.807, 2.05) is 12.1 Å². The number of fused-ring (bicyclic) bond motifs is 2. The highest BCUT2D eigenvalue weighted by Crippen LogP contribution is 2.31. The van der Waals surface area contributed by atoms with Gasteiger partial charge in [0.15, 0.2) is 0 Å². The molecule has 0 radical (unpaired) electrons. The molecule has 0 saturated carbocycles. The monoisotopic (exact) mass is 517 g/mol. The van der Waals surface area contributed by atoms with Crippen LogP contribution >= 0.6 is 0 Å². The number of rotatable bonds is 9. The van der Waals surface area contributed by atoms with Crippen molar-refractivity contribution >= 4 is 38.8 Å². The number of hydrogen-bond donors (Lipinski definition) is 1.